The van der Waals surface area contributed by atoms with Gasteiger partial charge in [0.2, 0.25) is 0 Å². The molecule has 0 saturated carbocycles. The van der Waals surface area contributed by atoms with E-state index in [0.717, 1.165) is 11.3 Å². The van der Waals surface area contributed by atoms with Gasteiger partial charge in [-0.3, -0.25) is 0 Å². The highest BCUT2D eigenvalue weighted by Gasteiger charge is 2.21. The molecule has 0 spiro atoms. The average Bonchev–Trinajstić information content (AvgIpc) is 2.42. The highest BCUT2D eigenvalue weighted by atomic mass is 14.9. The summed E-state index contributed by atoms with van der Waals surface area (Å²) in [6.45, 7) is 8.77. The van der Waals surface area contributed by atoms with Crippen LogP contribution in [0.1, 0.15) is 33.3 Å². The predicted octanol–water partition coefficient (Wildman–Crippen LogP) is 3.90. The number of aliphatic imine (C=N–C) groups is 1. The first kappa shape index (κ1) is 13.6. The zero-order valence-electron chi connectivity index (χ0n) is 12.1. The SMILES string of the molecule is CC1=CC(C)C(C)C(C)=C1N=C(N)c1ccccc1. The van der Waals surface area contributed by atoms with Gasteiger partial charge in [0.25, 0.3) is 0 Å². The maximum Gasteiger partial charge on any atom is 0.131 e. The van der Waals surface area contributed by atoms with Gasteiger partial charge in [-0.2, -0.15) is 0 Å². The van der Waals surface area contributed by atoms with Crippen LogP contribution in [-0.4, -0.2) is 5.84 Å². The number of nitrogens with zero attached hydrogens (tertiary/aromatic N) is 1. The number of allylic oxidation sites excluding steroid dienone is 3. The van der Waals surface area contributed by atoms with Crippen molar-refractivity contribution >= 4 is 5.84 Å². The normalized spacial score (nSPS) is 24.4. The molecule has 2 unspecified atom stereocenters. The van der Waals surface area contributed by atoms with Crippen LogP contribution in [0.5, 0.6) is 0 Å². The van der Waals surface area contributed by atoms with Crippen LogP contribution in [0.4, 0.5) is 0 Å². The number of benzene rings is 1. The first-order chi connectivity index (χ1) is 9.00. The summed E-state index contributed by atoms with van der Waals surface area (Å²) >= 11 is 0. The Bertz CT molecular complexity index is 550. The fraction of sp³-hybridized carbons (Fsp3) is 0.353. The molecule has 0 amide bonds. The zero-order valence-corrected chi connectivity index (χ0v) is 12.1. The van der Waals surface area contributed by atoms with Crippen molar-refractivity contribution in [2.75, 3.05) is 0 Å². The molecular weight excluding hydrogens is 232 g/mol. The van der Waals surface area contributed by atoms with E-state index in [4.69, 9.17) is 5.73 Å². The van der Waals surface area contributed by atoms with Gasteiger partial charge in [0.15, 0.2) is 0 Å². The average molecular weight is 254 g/mol. The third-order valence-electron chi connectivity index (χ3n) is 4.03. The fourth-order valence-electron chi connectivity index (χ4n) is 2.51. The Morgan fingerprint density at radius 2 is 1.74 bits per heavy atom. The first-order valence-electron chi connectivity index (χ1n) is 6.80. The fourth-order valence-corrected chi connectivity index (χ4v) is 2.51. The number of hydrogen-bond donors (Lipinski definition) is 1. The largest absolute Gasteiger partial charge is 0.383 e. The lowest BCUT2D eigenvalue weighted by Crippen LogP contribution is -2.18. The molecule has 0 aromatic heterocycles. The lowest BCUT2D eigenvalue weighted by Gasteiger charge is -2.26. The van der Waals surface area contributed by atoms with Gasteiger partial charge in [0.05, 0.1) is 5.70 Å². The molecule has 1 aromatic rings. The number of nitrogens with two attached hydrogens (primary N) is 1. The van der Waals surface area contributed by atoms with Crippen LogP contribution in [0.25, 0.3) is 0 Å². The van der Waals surface area contributed by atoms with Crippen LogP contribution < -0.4 is 5.73 Å². The summed E-state index contributed by atoms with van der Waals surface area (Å²) in [4.78, 5) is 4.66. The molecule has 0 heterocycles. The second-order valence-electron chi connectivity index (χ2n) is 5.39. The third-order valence-corrected chi connectivity index (χ3v) is 4.03. The highest BCUT2D eigenvalue weighted by Crippen LogP contribution is 2.33. The maximum absolute atomic E-state index is 6.12. The minimum Gasteiger partial charge on any atom is -0.383 e. The van der Waals surface area contributed by atoms with Crippen molar-refractivity contribution in [1.82, 2.24) is 0 Å². The summed E-state index contributed by atoms with van der Waals surface area (Å²) in [5.74, 6) is 1.67. The summed E-state index contributed by atoms with van der Waals surface area (Å²) in [5.41, 5.74) is 10.7. The van der Waals surface area contributed by atoms with Gasteiger partial charge in [-0.1, -0.05) is 50.3 Å². The standard InChI is InChI=1S/C17H22N2/c1-11-10-12(2)16(14(4)13(11)3)19-17(18)15-8-6-5-7-9-15/h5-11,13H,1-4H3,(H2,18,19). The van der Waals surface area contributed by atoms with Crippen molar-refractivity contribution in [2.45, 2.75) is 27.7 Å². The van der Waals surface area contributed by atoms with E-state index in [1.807, 2.05) is 30.3 Å². The zero-order chi connectivity index (χ0) is 14.0. The van der Waals surface area contributed by atoms with Crippen LogP contribution in [0.15, 0.2) is 58.2 Å². The number of amidine groups is 1. The molecule has 1 aromatic carbocycles. The van der Waals surface area contributed by atoms with Crippen LogP contribution in [-0.2, 0) is 0 Å². The van der Waals surface area contributed by atoms with Gasteiger partial charge in [0.1, 0.15) is 5.84 Å². The van der Waals surface area contributed by atoms with E-state index in [9.17, 15) is 0 Å². The lowest BCUT2D eigenvalue weighted by molar-refractivity contribution is 0.512. The van der Waals surface area contributed by atoms with E-state index in [1.54, 1.807) is 0 Å². The minimum absolute atomic E-state index is 0.519. The Morgan fingerprint density at radius 3 is 2.37 bits per heavy atom. The highest BCUT2D eigenvalue weighted by molar-refractivity contribution is 5.98. The van der Waals surface area contributed by atoms with E-state index in [1.165, 1.54) is 11.1 Å². The second kappa shape index (κ2) is 5.43. The molecule has 0 bridgehead atoms. The van der Waals surface area contributed by atoms with Crippen molar-refractivity contribution in [2.24, 2.45) is 22.6 Å². The summed E-state index contributed by atoms with van der Waals surface area (Å²) in [5, 5.41) is 0. The molecule has 2 rings (SSSR count). The minimum atomic E-state index is 0.519. The second-order valence-corrected chi connectivity index (χ2v) is 5.39. The van der Waals surface area contributed by atoms with Crippen LogP contribution in [0.2, 0.25) is 0 Å². The molecule has 2 nitrogen and oxygen atoms in total. The monoisotopic (exact) mass is 254 g/mol. The number of rotatable bonds is 2. The van der Waals surface area contributed by atoms with E-state index in [2.05, 4.69) is 38.8 Å². The van der Waals surface area contributed by atoms with Gasteiger partial charge in [-0.25, -0.2) is 4.99 Å². The molecule has 0 radical (unpaired) electrons. The van der Waals surface area contributed by atoms with Crippen molar-refractivity contribution in [3.05, 3.63) is 58.8 Å². The number of hydrogen-bond acceptors (Lipinski definition) is 1. The van der Waals surface area contributed by atoms with Gasteiger partial charge in [0, 0.05) is 5.56 Å². The summed E-state index contributed by atoms with van der Waals surface area (Å²) in [7, 11) is 0. The van der Waals surface area contributed by atoms with Crippen molar-refractivity contribution < 1.29 is 0 Å². The van der Waals surface area contributed by atoms with Crippen molar-refractivity contribution in [3.63, 3.8) is 0 Å². The Hall–Kier alpha value is -1.83. The topological polar surface area (TPSA) is 38.4 Å². The van der Waals surface area contributed by atoms with Gasteiger partial charge < -0.3 is 5.73 Å². The predicted molar refractivity (Wildman–Crippen MR) is 82.0 cm³/mol. The lowest BCUT2D eigenvalue weighted by atomic mass is 9.81. The molecule has 1 aliphatic rings. The smallest absolute Gasteiger partial charge is 0.131 e. The van der Waals surface area contributed by atoms with E-state index in [0.29, 0.717) is 17.7 Å². The molecule has 0 saturated heterocycles. The molecule has 0 aliphatic heterocycles. The molecule has 19 heavy (non-hydrogen) atoms. The van der Waals surface area contributed by atoms with E-state index < -0.39 is 0 Å². The molecule has 2 atom stereocenters. The first-order valence-corrected chi connectivity index (χ1v) is 6.80. The molecular formula is C17H22N2. The summed E-state index contributed by atoms with van der Waals surface area (Å²) in [6.07, 6.45) is 2.29. The summed E-state index contributed by atoms with van der Waals surface area (Å²) < 4.78 is 0. The molecule has 0 fully saturated rings. The summed E-state index contributed by atoms with van der Waals surface area (Å²) in [6, 6.07) is 9.92. The van der Waals surface area contributed by atoms with Crippen LogP contribution >= 0.6 is 0 Å². The van der Waals surface area contributed by atoms with Crippen molar-refractivity contribution in [1.29, 1.82) is 0 Å². The Balaban J connectivity index is 2.40. The Kier molecular flexibility index (Phi) is 3.89. The Labute approximate surface area is 115 Å². The molecule has 2 N–H and O–H groups in total. The quantitative estimate of drug-likeness (QED) is 0.631. The van der Waals surface area contributed by atoms with E-state index >= 15 is 0 Å². The molecule has 1 aliphatic carbocycles. The van der Waals surface area contributed by atoms with Gasteiger partial charge in [-0.15, -0.1) is 0 Å². The van der Waals surface area contributed by atoms with E-state index in [-0.39, 0.29) is 0 Å². The van der Waals surface area contributed by atoms with Crippen molar-refractivity contribution in [3.8, 4) is 0 Å². The van der Waals surface area contributed by atoms with Gasteiger partial charge in [-0.05, 0) is 36.8 Å². The Morgan fingerprint density at radius 1 is 1.11 bits per heavy atom. The molecule has 100 valence electrons. The van der Waals surface area contributed by atoms with Gasteiger partial charge >= 0.3 is 0 Å². The maximum atomic E-state index is 6.12. The van der Waals surface area contributed by atoms with Crippen LogP contribution in [0, 0.1) is 11.8 Å². The molecule has 2 heteroatoms. The third kappa shape index (κ3) is 2.78. The van der Waals surface area contributed by atoms with Crippen LogP contribution in [0.3, 0.4) is 0 Å².